The molecule has 2 saturated heterocycles. The van der Waals surface area contributed by atoms with Crippen molar-refractivity contribution in [3.63, 3.8) is 0 Å². The van der Waals surface area contributed by atoms with Crippen LogP contribution in [0.2, 0.25) is 0 Å². The van der Waals surface area contributed by atoms with E-state index >= 15 is 0 Å². The molecule has 0 aliphatic carbocycles. The normalized spacial score (nSPS) is 26.8. The van der Waals surface area contributed by atoms with Crippen molar-refractivity contribution in [2.24, 2.45) is 0 Å². The maximum absolute atomic E-state index is 13.4. The summed E-state index contributed by atoms with van der Waals surface area (Å²) in [5, 5.41) is 62.6. The summed E-state index contributed by atoms with van der Waals surface area (Å²) in [6.07, 6.45) is -6.01. The van der Waals surface area contributed by atoms with E-state index in [1.54, 1.807) is 30.3 Å². The number of thioether (sulfide) groups is 1. The molecule has 6 rings (SSSR count). The third kappa shape index (κ3) is 6.94. The molecule has 0 amide bonds. The van der Waals surface area contributed by atoms with E-state index in [0.29, 0.717) is 33.9 Å². The second-order valence-corrected chi connectivity index (χ2v) is 13.7. The molecule has 0 radical (unpaired) electrons. The highest BCUT2D eigenvalue weighted by molar-refractivity contribution is 8.24. The van der Waals surface area contributed by atoms with Crippen LogP contribution in [-0.4, -0.2) is 71.2 Å². The number of hydrogen-bond donors (Lipinski definition) is 6. The van der Waals surface area contributed by atoms with Gasteiger partial charge in [-0.1, -0.05) is 90.7 Å². The van der Waals surface area contributed by atoms with Gasteiger partial charge in [-0.25, -0.2) is 4.39 Å². The van der Waals surface area contributed by atoms with Crippen molar-refractivity contribution in [1.82, 2.24) is 0 Å². The Hall–Kier alpha value is -3.39. The summed E-state index contributed by atoms with van der Waals surface area (Å²) in [6, 6.07) is 27.8. The number of hydrogen-bond acceptors (Lipinski definition) is 9. The number of para-hydroxylation sites is 1. The lowest BCUT2D eigenvalue weighted by molar-refractivity contribution is -0.231. The number of benzene rings is 4. The fourth-order valence-electron chi connectivity index (χ4n) is 6.33. The van der Waals surface area contributed by atoms with Gasteiger partial charge in [0.25, 0.3) is 0 Å². The van der Waals surface area contributed by atoms with Gasteiger partial charge in [0, 0.05) is 16.5 Å². The Balaban J connectivity index is 1.25. The van der Waals surface area contributed by atoms with Gasteiger partial charge in [0.15, 0.2) is 0 Å². The first-order chi connectivity index (χ1) is 22.7. The van der Waals surface area contributed by atoms with Gasteiger partial charge >= 0.3 is 0 Å². The van der Waals surface area contributed by atoms with Crippen molar-refractivity contribution in [2.75, 3.05) is 11.5 Å². The van der Waals surface area contributed by atoms with E-state index in [1.807, 2.05) is 59.5 Å². The average molecular weight is 678 g/mol. The maximum atomic E-state index is 13.4. The lowest BCUT2D eigenvalue weighted by atomic mass is 9.90. The predicted molar refractivity (Wildman–Crippen MR) is 182 cm³/mol. The van der Waals surface area contributed by atoms with Crippen molar-refractivity contribution in [3.05, 3.63) is 120 Å². The number of rotatable bonds is 9. The number of halogens is 1. The lowest BCUT2D eigenvalue weighted by Crippen LogP contribution is -2.55. The summed E-state index contributed by atoms with van der Waals surface area (Å²) >= 11 is 7.38. The zero-order valence-electron chi connectivity index (χ0n) is 25.2. The minimum Gasteiger partial charge on any atom is -0.508 e. The first kappa shape index (κ1) is 33.5. The predicted octanol–water partition coefficient (Wildman–Crippen LogP) is 5.18. The Morgan fingerprint density at radius 2 is 1.53 bits per heavy atom. The lowest BCUT2D eigenvalue weighted by Gasteiger charge is -2.40. The Morgan fingerprint density at radius 3 is 2.19 bits per heavy atom. The van der Waals surface area contributed by atoms with Crippen molar-refractivity contribution < 1.29 is 39.8 Å². The molecule has 0 aromatic heterocycles. The van der Waals surface area contributed by atoms with Crippen LogP contribution >= 0.6 is 24.0 Å². The topological polar surface area (TPSA) is 134 Å². The molecule has 246 valence electrons. The molecular formula is C36H36FNO7S2. The number of nitrogens with zero attached hydrogens (tertiary/aromatic N) is 1. The Kier molecular flexibility index (Phi) is 10.3. The Morgan fingerprint density at radius 1 is 0.851 bits per heavy atom. The van der Waals surface area contributed by atoms with Crippen LogP contribution in [0.3, 0.4) is 0 Å². The zero-order chi connectivity index (χ0) is 33.2. The number of phenolic OH excluding ortho intramolecular Hbond substituents is 1. The second kappa shape index (κ2) is 14.4. The van der Waals surface area contributed by atoms with Gasteiger partial charge in [-0.3, -0.25) is 0 Å². The molecule has 8 nitrogen and oxygen atoms in total. The third-order valence-corrected chi connectivity index (χ3v) is 10.6. The highest BCUT2D eigenvalue weighted by atomic mass is 32.2. The number of aliphatic hydroxyl groups excluding tert-OH is 5. The van der Waals surface area contributed by atoms with Crippen LogP contribution in [0.1, 0.15) is 47.8 Å². The van der Waals surface area contributed by atoms with Gasteiger partial charge in [-0.05, 0) is 65.4 Å². The van der Waals surface area contributed by atoms with Crippen LogP contribution in [0.4, 0.5) is 10.1 Å². The zero-order valence-corrected chi connectivity index (χ0v) is 26.8. The van der Waals surface area contributed by atoms with E-state index in [1.165, 1.54) is 23.9 Å². The Bertz CT molecular complexity index is 1680. The summed E-state index contributed by atoms with van der Waals surface area (Å²) in [7, 11) is 0. The van der Waals surface area contributed by atoms with Gasteiger partial charge in [0.2, 0.25) is 0 Å². The van der Waals surface area contributed by atoms with E-state index < -0.39 is 43.2 Å². The summed E-state index contributed by atoms with van der Waals surface area (Å²) in [4.78, 5) is 2.04. The van der Waals surface area contributed by atoms with Gasteiger partial charge in [0.05, 0.1) is 18.8 Å². The molecule has 2 aliphatic rings. The highest BCUT2D eigenvalue weighted by Crippen LogP contribution is 2.49. The summed E-state index contributed by atoms with van der Waals surface area (Å²) in [6.45, 7) is -0.507. The average Bonchev–Trinajstić information content (AvgIpc) is 3.42. The molecule has 4 aromatic carbocycles. The van der Waals surface area contributed by atoms with Gasteiger partial charge in [-0.2, -0.15) is 0 Å². The molecule has 0 saturated carbocycles. The van der Waals surface area contributed by atoms with E-state index in [4.69, 9.17) is 17.0 Å². The van der Waals surface area contributed by atoms with Crippen LogP contribution < -0.4 is 4.90 Å². The number of aliphatic hydroxyl groups is 5. The quantitative estimate of drug-likeness (QED) is 0.132. The fraction of sp³-hybridized carbons (Fsp3) is 0.306. The molecule has 4 aromatic rings. The molecule has 47 heavy (non-hydrogen) atoms. The molecule has 11 heteroatoms. The molecule has 1 unspecified atom stereocenters. The van der Waals surface area contributed by atoms with E-state index in [0.717, 1.165) is 16.8 Å². The first-order valence-electron chi connectivity index (χ1n) is 15.4. The van der Waals surface area contributed by atoms with Crippen molar-refractivity contribution >= 4 is 34.0 Å². The van der Waals surface area contributed by atoms with Gasteiger partial charge < -0.3 is 40.3 Å². The number of anilines is 1. The van der Waals surface area contributed by atoms with Crippen LogP contribution in [0, 0.1) is 5.82 Å². The van der Waals surface area contributed by atoms with Crippen LogP contribution in [-0.2, 0) is 4.74 Å². The molecular weight excluding hydrogens is 642 g/mol. The summed E-state index contributed by atoms with van der Waals surface area (Å²) in [5.74, 6) is -0.277. The van der Waals surface area contributed by atoms with Gasteiger partial charge in [-0.15, -0.1) is 0 Å². The van der Waals surface area contributed by atoms with Crippen LogP contribution in [0.15, 0.2) is 97.1 Å². The van der Waals surface area contributed by atoms with E-state index in [9.17, 15) is 35.0 Å². The minimum atomic E-state index is -1.47. The standard InChI is InChI=1S/C36H36FNO7S2/c37-24-13-10-21(11-14-24)27(40)16-17-30-31(38(36(46)47-30)25-4-2-1-3-5-25)26-15-12-23(18-28(26)41)20-6-8-22(9-7-20)35-34(44)33(43)32(42)29(19-39)45-35/h1-15,18,27,29-35,39-44H,16-17,19H2/t27-,29+,30-,31?,32+,33-,34+,35-/m0/s1. The SMILES string of the molecule is OC[C@H]1O[C@@H](c2ccc(-c3ccc(C4[C@H](CC[C@H](O)c5ccc(F)cc5)SC(=S)N4c4ccccc4)c(O)c3)cc2)[C@H](O)[C@@H](O)[C@@H]1O. The van der Waals surface area contributed by atoms with E-state index in [2.05, 4.69) is 0 Å². The van der Waals surface area contributed by atoms with Crippen molar-refractivity contribution in [3.8, 4) is 16.9 Å². The molecule has 0 spiro atoms. The van der Waals surface area contributed by atoms with Crippen LogP contribution in [0.5, 0.6) is 5.75 Å². The monoisotopic (exact) mass is 677 g/mol. The molecule has 0 bridgehead atoms. The van der Waals surface area contributed by atoms with E-state index in [-0.39, 0.29) is 22.9 Å². The maximum Gasteiger partial charge on any atom is 0.141 e. The summed E-state index contributed by atoms with van der Waals surface area (Å²) in [5.41, 5.74) is 4.31. The minimum absolute atomic E-state index is 0.0841. The number of ether oxygens (including phenoxy) is 1. The van der Waals surface area contributed by atoms with Crippen molar-refractivity contribution in [2.45, 2.75) is 60.8 Å². The fourth-order valence-corrected chi connectivity index (χ4v) is 8.16. The molecule has 2 fully saturated rings. The smallest absolute Gasteiger partial charge is 0.141 e. The second-order valence-electron chi connectivity index (χ2n) is 11.9. The molecule has 2 heterocycles. The number of aromatic hydroxyl groups is 1. The molecule has 8 atom stereocenters. The Labute approximate surface area is 281 Å². The van der Waals surface area contributed by atoms with Crippen molar-refractivity contribution in [1.29, 1.82) is 0 Å². The first-order valence-corrected chi connectivity index (χ1v) is 16.7. The third-order valence-electron chi connectivity index (χ3n) is 8.91. The molecule has 2 aliphatic heterocycles. The molecule has 6 N–H and O–H groups in total. The van der Waals surface area contributed by atoms with Crippen LogP contribution in [0.25, 0.3) is 11.1 Å². The summed E-state index contributed by atoms with van der Waals surface area (Å²) < 4.78 is 19.8. The number of phenols is 1. The number of thiocarbonyl (C=S) groups is 1. The highest BCUT2D eigenvalue weighted by Gasteiger charge is 2.44. The van der Waals surface area contributed by atoms with Gasteiger partial charge in [0.1, 0.15) is 46.4 Å². The largest absolute Gasteiger partial charge is 0.508 e.